The summed E-state index contributed by atoms with van der Waals surface area (Å²) in [6.07, 6.45) is 1.80. The maximum Gasteiger partial charge on any atom is 0.321 e. The van der Waals surface area contributed by atoms with Crippen LogP contribution < -0.4 is 10.6 Å². The van der Waals surface area contributed by atoms with E-state index in [9.17, 15) is 9.59 Å². The Kier molecular flexibility index (Phi) is 6.21. The van der Waals surface area contributed by atoms with Crippen molar-refractivity contribution in [2.24, 2.45) is 0 Å². The monoisotopic (exact) mass is 426 g/mol. The van der Waals surface area contributed by atoms with E-state index in [1.54, 1.807) is 27.6 Å². The SMILES string of the molecule is O=C(Cc1csc(-c2cccs2)n1)NC1CCN(C(=O)Nc2ccccc2)CC1. The standard InChI is InChI=1S/C21H22N4O2S2/c26-19(13-17-14-29-20(23-17)18-7-4-12-28-18)22-16-8-10-25(11-9-16)21(27)24-15-5-2-1-3-6-15/h1-7,12,14,16H,8-11,13H2,(H,22,26)(H,24,27). The number of aromatic nitrogens is 1. The van der Waals surface area contributed by atoms with Crippen LogP contribution in [0, 0.1) is 0 Å². The van der Waals surface area contributed by atoms with E-state index in [1.807, 2.05) is 53.2 Å². The van der Waals surface area contributed by atoms with Crippen LogP contribution in [0.5, 0.6) is 0 Å². The van der Waals surface area contributed by atoms with Crippen molar-refractivity contribution in [2.75, 3.05) is 18.4 Å². The molecular weight excluding hydrogens is 404 g/mol. The summed E-state index contributed by atoms with van der Waals surface area (Å²) in [4.78, 5) is 32.2. The number of nitrogens with zero attached hydrogens (tertiary/aromatic N) is 2. The van der Waals surface area contributed by atoms with Gasteiger partial charge in [0.05, 0.1) is 17.0 Å². The minimum absolute atomic E-state index is 0.0137. The van der Waals surface area contributed by atoms with Gasteiger partial charge in [-0.15, -0.1) is 22.7 Å². The zero-order valence-electron chi connectivity index (χ0n) is 15.8. The lowest BCUT2D eigenvalue weighted by molar-refractivity contribution is -0.121. The molecule has 0 atom stereocenters. The van der Waals surface area contributed by atoms with Gasteiger partial charge < -0.3 is 15.5 Å². The van der Waals surface area contributed by atoms with Crippen LogP contribution in [0.3, 0.4) is 0 Å². The lowest BCUT2D eigenvalue weighted by atomic mass is 10.1. The quantitative estimate of drug-likeness (QED) is 0.641. The van der Waals surface area contributed by atoms with Gasteiger partial charge in [0.15, 0.2) is 0 Å². The second kappa shape index (κ2) is 9.19. The van der Waals surface area contributed by atoms with Gasteiger partial charge in [-0.1, -0.05) is 24.3 Å². The number of piperidine rings is 1. The number of thiazole rings is 1. The Labute approximate surface area is 177 Å². The minimum Gasteiger partial charge on any atom is -0.353 e. The number of rotatable bonds is 5. The molecule has 3 amide bonds. The van der Waals surface area contributed by atoms with E-state index in [4.69, 9.17) is 0 Å². The Balaban J connectivity index is 1.22. The van der Waals surface area contributed by atoms with Crippen molar-refractivity contribution in [3.8, 4) is 9.88 Å². The molecule has 8 heteroatoms. The fourth-order valence-corrected chi connectivity index (χ4v) is 4.93. The van der Waals surface area contributed by atoms with Crippen molar-refractivity contribution in [1.29, 1.82) is 0 Å². The van der Waals surface area contributed by atoms with Gasteiger partial charge in [0, 0.05) is 30.2 Å². The predicted octanol–water partition coefficient (Wildman–Crippen LogP) is 4.23. The Morgan fingerprint density at radius 3 is 2.59 bits per heavy atom. The molecule has 0 aliphatic carbocycles. The third kappa shape index (κ3) is 5.21. The van der Waals surface area contributed by atoms with E-state index in [2.05, 4.69) is 15.6 Å². The topological polar surface area (TPSA) is 74.3 Å². The number of likely N-dealkylation sites (tertiary alicyclic amines) is 1. The first-order valence-corrected chi connectivity index (χ1v) is 11.3. The molecular formula is C21H22N4O2S2. The third-order valence-corrected chi connectivity index (χ3v) is 6.73. The third-order valence-electron chi connectivity index (χ3n) is 4.80. The minimum atomic E-state index is -0.0930. The summed E-state index contributed by atoms with van der Waals surface area (Å²) in [5.74, 6) is -0.0137. The van der Waals surface area contributed by atoms with Crippen LogP contribution in [0.25, 0.3) is 9.88 Å². The maximum atomic E-state index is 12.4. The molecule has 4 rings (SSSR count). The lowest BCUT2D eigenvalue weighted by Crippen LogP contribution is -2.48. The smallest absolute Gasteiger partial charge is 0.321 e. The summed E-state index contributed by atoms with van der Waals surface area (Å²) in [6, 6.07) is 13.5. The molecule has 0 spiro atoms. The predicted molar refractivity (Wildman–Crippen MR) is 117 cm³/mol. The number of carbonyl (C=O) groups is 2. The van der Waals surface area contributed by atoms with Crippen LogP contribution in [-0.4, -0.2) is 41.0 Å². The summed E-state index contributed by atoms with van der Waals surface area (Å²) in [6.45, 7) is 1.26. The molecule has 2 aromatic heterocycles. The molecule has 150 valence electrons. The van der Waals surface area contributed by atoms with Gasteiger partial charge in [-0.05, 0) is 36.4 Å². The molecule has 2 N–H and O–H groups in total. The molecule has 1 aromatic carbocycles. The Bertz CT molecular complexity index is 948. The molecule has 1 aliphatic heterocycles. The van der Waals surface area contributed by atoms with Crippen LogP contribution in [0.15, 0.2) is 53.2 Å². The molecule has 0 unspecified atom stereocenters. The number of benzene rings is 1. The number of hydrogen-bond acceptors (Lipinski definition) is 5. The van der Waals surface area contributed by atoms with Crippen molar-refractivity contribution in [2.45, 2.75) is 25.3 Å². The lowest BCUT2D eigenvalue weighted by Gasteiger charge is -2.32. The fraction of sp³-hybridized carbons (Fsp3) is 0.286. The molecule has 0 radical (unpaired) electrons. The zero-order valence-corrected chi connectivity index (χ0v) is 17.5. The molecule has 6 nitrogen and oxygen atoms in total. The van der Waals surface area contributed by atoms with E-state index in [0.29, 0.717) is 13.1 Å². The number of nitrogens with one attached hydrogen (secondary N) is 2. The van der Waals surface area contributed by atoms with Gasteiger partial charge in [0.25, 0.3) is 0 Å². The molecule has 3 heterocycles. The van der Waals surface area contributed by atoms with Crippen molar-refractivity contribution >= 4 is 40.3 Å². The van der Waals surface area contributed by atoms with E-state index < -0.39 is 0 Å². The second-order valence-corrected chi connectivity index (χ2v) is 8.73. The highest BCUT2D eigenvalue weighted by Gasteiger charge is 2.24. The van der Waals surface area contributed by atoms with Crippen molar-refractivity contribution in [3.05, 3.63) is 58.9 Å². The Morgan fingerprint density at radius 1 is 1.07 bits per heavy atom. The summed E-state index contributed by atoms with van der Waals surface area (Å²) in [7, 11) is 0. The van der Waals surface area contributed by atoms with Crippen molar-refractivity contribution in [1.82, 2.24) is 15.2 Å². The molecule has 0 bridgehead atoms. The number of urea groups is 1. The molecule has 0 saturated carbocycles. The van der Waals surface area contributed by atoms with Crippen LogP contribution in [0.2, 0.25) is 0 Å². The largest absolute Gasteiger partial charge is 0.353 e. The normalized spacial score (nSPS) is 14.6. The number of amides is 3. The van der Waals surface area contributed by atoms with E-state index >= 15 is 0 Å². The molecule has 1 fully saturated rings. The molecule has 1 aliphatic rings. The molecule has 29 heavy (non-hydrogen) atoms. The number of para-hydroxylation sites is 1. The zero-order chi connectivity index (χ0) is 20.1. The maximum absolute atomic E-state index is 12.4. The van der Waals surface area contributed by atoms with Gasteiger partial charge in [-0.25, -0.2) is 9.78 Å². The van der Waals surface area contributed by atoms with E-state index in [0.717, 1.165) is 34.1 Å². The van der Waals surface area contributed by atoms with Crippen LogP contribution in [0.1, 0.15) is 18.5 Å². The van der Waals surface area contributed by atoms with Gasteiger partial charge in [0.2, 0.25) is 5.91 Å². The van der Waals surface area contributed by atoms with Crippen molar-refractivity contribution in [3.63, 3.8) is 0 Å². The fourth-order valence-electron chi connectivity index (χ4n) is 3.30. The number of thiophene rings is 1. The number of anilines is 1. The van der Waals surface area contributed by atoms with Gasteiger partial charge >= 0.3 is 6.03 Å². The van der Waals surface area contributed by atoms with E-state index in [1.165, 1.54) is 0 Å². The van der Waals surface area contributed by atoms with Crippen LogP contribution in [-0.2, 0) is 11.2 Å². The van der Waals surface area contributed by atoms with Crippen LogP contribution in [0.4, 0.5) is 10.5 Å². The first-order valence-electron chi connectivity index (χ1n) is 9.56. The summed E-state index contributed by atoms with van der Waals surface area (Å²) in [5, 5.41) is 10.9. The Morgan fingerprint density at radius 2 is 1.86 bits per heavy atom. The summed E-state index contributed by atoms with van der Waals surface area (Å²) in [5.41, 5.74) is 1.59. The highest BCUT2D eigenvalue weighted by molar-refractivity contribution is 7.20. The Hall–Kier alpha value is -2.71. The average Bonchev–Trinajstić information content (AvgIpc) is 3.41. The molecule has 1 saturated heterocycles. The average molecular weight is 427 g/mol. The first-order chi connectivity index (χ1) is 14.2. The van der Waals surface area contributed by atoms with Gasteiger partial charge in [-0.3, -0.25) is 4.79 Å². The molecule has 3 aromatic rings. The number of hydrogen-bond donors (Lipinski definition) is 2. The first kappa shape index (κ1) is 19.6. The van der Waals surface area contributed by atoms with E-state index in [-0.39, 0.29) is 24.4 Å². The highest BCUT2D eigenvalue weighted by Crippen LogP contribution is 2.27. The van der Waals surface area contributed by atoms with Crippen LogP contribution >= 0.6 is 22.7 Å². The highest BCUT2D eigenvalue weighted by atomic mass is 32.1. The summed E-state index contributed by atoms with van der Waals surface area (Å²) < 4.78 is 0. The van der Waals surface area contributed by atoms with Gasteiger partial charge in [0.1, 0.15) is 5.01 Å². The van der Waals surface area contributed by atoms with Crippen molar-refractivity contribution < 1.29 is 9.59 Å². The number of carbonyl (C=O) groups excluding carboxylic acids is 2. The second-order valence-electron chi connectivity index (χ2n) is 6.92. The summed E-state index contributed by atoms with van der Waals surface area (Å²) >= 11 is 3.22. The van der Waals surface area contributed by atoms with Gasteiger partial charge in [-0.2, -0.15) is 0 Å².